The Morgan fingerprint density at radius 3 is 2.79 bits per heavy atom. The van der Waals surface area contributed by atoms with Gasteiger partial charge in [-0.25, -0.2) is 9.36 Å². The van der Waals surface area contributed by atoms with Gasteiger partial charge in [-0.1, -0.05) is 14.8 Å². The number of carbonyl (C=O) groups excluding carboxylic acids is 4. The molecule has 0 spiro atoms. The van der Waals surface area contributed by atoms with Gasteiger partial charge in [0.05, 0.1) is 11.7 Å². The van der Waals surface area contributed by atoms with Crippen molar-refractivity contribution in [1.29, 1.82) is 0 Å². The normalized spacial score (nSPS) is 19.2. The second kappa shape index (κ2) is 9.59. The lowest BCUT2D eigenvalue weighted by Gasteiger charge is -2.50. The molecule has 196 valence electrons. The number of carboxylic acid groups (broad SMARTS) is 1. The predicted octanol–water partition coefficient (Wildman–Crippen LogP) is -3.17. The van der Waals surface area contributed by atoms with Crippen LogP contribution in [0.3, 0.4) is 0 Å². The van der Waals surface area contributed by atoms with Crippen LogP contribution in [0.2, 0.25) is 0 Å². The highest BCUT2D eigenvalue weighted by molar-refractivity contribution is 8.00. The highest BCUT2D eigenvalue weighted by Gasteiger charge is 2.53. The maximum absolute atomic E-state index is 12.9. The van der Waals surface area contributed by atoms with E-state index in [1.807, 2.05) is 0 Å². The lowest BCUT2D eigenvalue weighted by atomic mass is 10.0. The first kappa shape index (κ1) is 24.9. The molecule has 0 radical (unpaired) electrons. The number of nitrogen functional groups attached to an aromatic ring is 1. The van der Waals surface area contributed by atoms with Crippen LogP contribution in [0.5, 0.6) is 0 Å². The lowest BCUT2D eigenvalue weighted by Crippen LogP contribution is -2.71. The molecular weight excluding hydrogens is 542 g/mol. The highest BCUT2D eigenvalue weighted by Crippen LogP contribution is 2.40. The molecule has 0 aromatic carbocycles. The highest BCUT2D eigenvalue weighted by atomic mass is 32.2. The molecule has 17 nitrogen and oxygen atoms in total. The van der Waals surface area contributed by atoms with Gasteiger partial charge in [0.15, 0.2) is 17.1 Å². The zero-order valence-corrected chi connectivity index (χ0v) is 20.6. The van der Waals surface area contributed by atoms with E-state index in [1.54, 1.807) is 23.0 Å². The SMILES string of the molecule is NC(=O)Nc1ccc2n(cc[n+]2CC2=C(C(=O)[O-])N3C(=O)[C@@H](NC(=O)/C(=N\O)c4nsc(N)n4)[C@H]3SC2)n1. The van der Waals surface area contributed by atoms with Gasteiger partial charge in [0.2, 0.25) is 11.5 Å². The number of imidazole rings is 1. The van der Waals surface area contributed by atoms with Gasteiger partial charge < -0.3 is 31.9 Å². The summed E-state index contributed by atoms with van der Waals surface area (Å²) in [4.78, 5) is 53.6. The number of fused-ring (bicyclic) bond motifs is 2. The zero-order chi connectivity index (χ0) is 27.1. The zero-order valence-electron chi connectivity index (χ0n) is 19.0. The Hall–Kier alpha value is -4.78. The number of urea groups is 1. The first-order chi connectivity index (χ1) is 18.2. The van der Waals surface area contributed by atoms with Gasteiger partial charge in [-0.15, -0.1) is 11.8 Å². The first-order valence-electron chi connectivity index (χ1n) is 10.6. The Labute approximate surface area is 220 Å². The van der Waals surface area contributed by atoms with Crippen molar-refractivity contribution in [3.63, 3.8) is 0 Å². The third-order valence-corrected chi connectivity index (χ3v) is 7.51. The number of hydrogen-bond donors (Lipinski definition) is 5. The summed E-state index contributed by atoms with van der Waals surface area (Å²) in [6, 6.07) is 1.33. The third-order valence-electron chi connectivity index (χ3n) is 5.63. The Balaban J connectivity index is 1.35. The molecule has 5 rings (SSSR count). The molecule has 1 fully saturated rings. The minimum atomic E-state index is -1.54. The van der Waals surface area contributed by atoms with Crippen LogP contribution in [0.15, 0.2) is 41.0 Å². The summed E-state index contributed by atoms with van der Waals surface area (Å²) in [6.07, 6.45) is 3.26. The van der Waals surface area contributed by atoms with Crippen LogP contribution in [0.25, 0.3) is 5.65 Å². The number of hydrogen-bond acceptors (Lipinski definition) is 13. The summed E-state index contributed by atoms with van der Waals surface area (Å²) in [5, 5.41) is 32.6. The van der Waals surface area contributed by atoms with Crippen molar-refractivity contribution in [2.24, 2.45) is 10.9 Å². The average molecular weight is 560 g/mol. The molecule has 19 heteroatoms. The number of carbonyl (C=O) groups is 4. The molecule has 3 aromatic rings. The van der Waals surface area contributed by atoms with E-state index in [0.717, 1.165) is 16.4 Å². The van der Waals surface area contributed by atoms with Crippen molar-refractivity contribution in [1.82, 2.24) is 29.2 Å². The minimum Gasteiger partial charge on any atom is -0.543 e. The van der Waals surface area contributed by atoms with Gasteiger partial charge in [0.1, 0.15) is 24.2 Å². The quantitative estimate of drug-likeness (QED) is 0.0634. The van der Waals surface area contributed by atoms with E-state index in [4.69, 9.17) is 11.5 Å². The summed E-state index contributed by atoms with van der Waals surface area (Å²) >= 11 is 2.03. The molecule has 0 saturated carbocycles. The smallest absolute Gasteiger partial charge is 0.317 e. The number of aliphatic carboxylic acids is 1. The number of nitrogens with zero attached hydrogens (tertiary/aromatic N) is 7. The van der Waals surface area contributed by atoms with E-state index >= 15 is 0 Å². The Bertz CT molecular complexity index is 1560. The van der Waals surface area contributed by atoms with Crippen molar-refractivity contribution in [3.05, 3.63) is 41.6 Å². The number of carboxylic acids is 1. The van der Waals surface area contributed by atoms with Crippen molar-refractivity contribution >= 4 is 69.4 Å². The van der Waals surface area contributed by atoms with E-state index in [0.29, 0.717) is 11.2 Å². The fraction of sp³-hybridized carbons (Fsp3) is 0.211. The Morgan fingerprint density at radius 1 is 1.34 bits per heavy atom. The summed E-state index contributed by atoms with van der Waals surface area (Å²) in [5.74, 6) is -2.92. The topological polar surface area (TPSA) is 250 Å². The van der Waals surface area contributed by atoms with Gasteiger partial charge in [-0.2, -0.15) is 9.36 Å². The van der Waals surface area contributed by atoms with E-state index in [2.05, 4.69) is 30.2 Å². The maximum atomic E-state index is 12.9. The fourth-order valence-electron chi connectivity index (χ4n) is 4.05. The molecule has 1 saturated heterocycles. The molecule has 2 aliphatic heterocycles. The predicted molar refractivity (Wildman–Crippen MR) is 128 cm³/mol. The number of aromatic nitrogens is 5. The summed E-state index contributed by atoms with van der Waals surface area (Å²) in [6.45, 7) is 0.100. The average Bonchev–Trinajstić information content (AvgIpc) is 3.47. The molecule has 5 heterocycles. The second-order valence-corrected chi connectivity index (χ2v) is 9.83. The monoisotopic (exact) mass is 559 g/mol. The largest absolute Gasteiger partial charge is 0.543 e. The van der Waals surface area contributed by atoms with Crippen LogP contribution < -0.4 is 31.8 Å². The number of amides is 4. The summed E-state index contributed by atoms with van der Waals surface area (Å²) in [5.41, 5.74) is 10.8. The molecule has 0 aliphatic carbocycles. The number of thioether (sulfide) groups is 1. The number of β-lactam (4-membered cyclic amide) rings is 1. The summed E-state index contributed by atoms with van der Waals surface area (Å²) < 4.78 is 6.98. The molecule has 4 amide bonds. The Morgan fingerprint density at radius 2 is 2.13 bits per heavy atom. The van der Waals surface area contributed by atoms with Gasteiger partial charge in [0, 0.05) is 28.9 Å². The second-order valence-electron chi connectivity index (χ2n) is 7.94. The van der Waals surface area contributed by atoms with Gasteiger partial charge in [-0.3, -0.25) is 19.8 Å². The molecule has 0 unspecified atom stereocenters. The van der Waals surface area contributed by atoms with Gasteiger partial charge in [0.25, 0.3) is 11.8 Å². The first-order valence-corrected chi connectivity index (χ1v) is 12.4. The molecule has 0 bridgehead atoms. The van der Waals surface area contributed by atoms with Crippen molar-refractivity contribution in [3.8, 4) is 0 Å². The van der Waals surface area contributed by atoms with Crippen molar-refractivity contribution < 1.29 is 34.1 Å². The van der Waals surface area contributed by atoms with Crippen LogP contribution in [0, 0.1) is 0 Å². The summed E-state index contributed by atoms with van der Waals surface area (Å²) in [7, 11) is 0. The van der Waals surface area contributed by atoms with Crippen LogP contribution in [0.4, 0.5) is 15.7 Å². The van der Waals surface area contributed by atoms with E-state index in [1.165, 1.54) is 22.3 Å². The molecule has 2 aliphatic rings. The van der Waals surface area contributed by atoms with Crippen LogP contribution in [-0.2, 0) is 20.9 Å². The fourth-order valence-corrected chi connectivity index (χ4v) is 5.82. The molecule has 38 heavy (non-hydrogen) atoms. The van der Waals surface area contributed by atoms with Crippen molar-refractivity contribution in [2.45, 2.75) is 18.0 Å². The number of primary amides is 1. The van der Waals surface area contributed by atoms with E-state index in [9.17, 15) is 29.5 Å². The number of nitrogens with two attached hydrogens (primary N) is 2. The van der Waals surface area contributed by atoms with Gasteiger partial charge >= 0.3 is 11.7 Å². The molecular formula is C19H17N11O6S2. The Kier molecular flexibility index (Phi) is 6.28. The van der Waals surface area contributed by atoms with E-state index in [-0.39, 0.29) is 34.8 Å². The standard InChI is InChI=1S/C19H17N11O6S2/c20-18(35)22-8-1-2-9-28(3-4-29(9)25-8)5-7-6-37-16-11(15(32)30(16)12(7)17(33)34)23-14(31)10(26-36)13-24-19(21)38-27-13/h1-4,11,16H,5-6H2,(H7-,20,21,22,23,24,25,27,31,33,34,35,36)/t11-,16-/m1/s1. The maximum Gasteiger partial charge on any atom is 0.317 e. The van der Waals surface area contributed by atoms with Crippen molar-refractivity contribution in [2.75, 3.05) is 16.8 Å². The third kappa shape index (κ3) is 4.32. The van der Waals surface area contributed by atoms with Crippen LogP contribution in [-0.4, -0.2) is 75.8 Å². The van der Waals surface area contributed by atoms with Crippen LogP contribution >= 0.6 is 23.3 Å². The number of nitrogens with one attached hydrogen (secondary N) is 2. The molecule has 2 atom stereocenters. The lowest BCUT2D eigenvalue weighted by molar-refractivity contribution is -0.662. The van der Waals surface area contributed by atoms with Gasteiger partial charge in [-0.05, 0) is 6.07 Å². The number of anilines is 2. The molecule has 7 N–H and O–H groups in total. The van der Waals surface area contributed by atoms with Crippen LogP contribution in [0.1, 0.15) is 5.82 Å². The molecule has 3 aromatic heterocycles. The number of rotatable bonds is 7. The minimum absolute atomic E-state index is 0.0476. The number of oxime groups is 1. The van der Waals surface area contributed by atoms with E-state index < -0.39 is 40.9 Å².